The SMILES string of the molecule is O=C1c2cccc3c(-c4ccc(-c5ccccc5)s4)ccc(c23)C(=O)N1c1ccccc1. The first-order chi connectivity index (χ1) is 15.7. The molecule has 4 aromatic carbocycles. The summed E-state index contributed by atoms with van der Waals surface area (Å²) in [6.07, 6.45) is 0. The average molecular weight is 432 g/mol. The van der Waals surface area contributed by atoms with Crippen LogP contribution in [0.3, 0.4) is 0 Å². The van der Waals surface area contributed by atoms with Gasteiger partial charge >= 0.3 is 0 Å². The van der Waals surface area contributed by atoms with Crippen LogP contribution in [-0.2, 0) is 0 Å². The summed E-state index contributed by atoms with van der Waals surface area (Å²) < 4.78 is 0. The molecule has 0 N–H and O–H groups in total. The fraction of sp³-hybridized carbons (Fsp3) is 0. The van der Waals surface area contributed by atoms with Gasteiger partial charge in [-0.1, -0.05) is 66.7 Å². The summed E-state index contributed by atoms with van der Waals surface area (Å²) in [5, 5.41) is 1.66. The number of imide groups is 1. The Hall–Kier alpha value is -4.02. The van der Waals surface area contributed by atoms with Crippen molar-refractivity contribution in [1.29, 1.82) is 0 Å². The third-order valence-electron chi connectivity index (χ3n) is 5.85. The molecule has 6 rings (SSSR count). The number of anilines is 1. The summed E-state index contributed by atoms with van der Waals surface area (Å²) in [6.45, 7) is 0. The molecule has 0 radical (unpaired) electrons. The zero-order valence-electron chi connectivity index (χ0n) is 17.0. The van der Waals surface area contributed by atoms with Gasteiger partial charge in [-0.2, -0.15) is 0 Å². The number of carbonyl (C=O) groups excluding carboxylic acids is 2. The van der Waals surface area contributed by atoms with Crippen LogP contribution in [0.1, 0.15) is 20.7 Å². The number of rotatable bonds is 3. The number of hydrogen-bond acceptors (Lipinski definition) is 3. The second-order valence-electron chi connectivity index (χ2n) is 7.70. The molecule has 2 amide bonds. The van der Waals surface area contributed by atoms with Gasteiger partial charge in [0.25, 0.3) is 11.8 Å². The highest BCUT2D eigenvalue weighted by atomic mass is 32.1. The van der Waals surface area contributed by atoms with Crippen molar-refractivity contribution in [1.82, 2.24) is 0 Å². The molecule has 2 heterocycles. The van der Waals surface area contributed by atoms with Crippen molar-refractivity contribution in [2.24, 2.45) is 0 Å². The largest absolute Gasteiger partial charge is 0.268 e. The van der Waals surface area contributed by atoms with Crippen molar-refractivity contribution in [2.45, 2.75) is 0 Å². The van der Waals surface area contributed by atoms with Crippen LogP contribution < -0.4 is 4.90 Å². The van der Waals surface area contributed by atoms with E-state index < -0.39 is 0 Å². The lowest BCUT2D eigenvalue weighted by atomic mass is 9.90. The highest BCUT2D eigenvalue weighted by molar-refractivity contribution is 7.18. The van der Waals surface area contributed by atoms with Crippen molar-refractivity contribution in [3.05, 3.63) is 114 Å². The second-order valence-corrected chi connectivity index (χ2v) is 8.78. The molecule has 152 valence electrons. The molecule has 1 aromatic heterocycles. The highest BCUT2D eigenvalue weighted by Crippen LogP contribution is 2.41. The van der Waals surface area contributed by atoms with Crippen molar-refractivity contribution >= 4 is 39.6 Å². The van der Waals surface area contributed by atoms with Gasteiger partial charge in [0, 0.05) is 26.3 Å². The van der Waals surface area contributed by atoms with Gasteiger partial charge in [0.1, 0.15) is 0 Å². The summed E-state index contributed by atoms with van der Waals surface area (Å²) in [5.74, 6) is -0.569. The molecule has 1 aliphatic rings. The zero-order chi connectivity index (χ0) is 21.7. The summed E-state index contributed by atoms with van der Waals surface area (Å²) in [6, 6.07) is 33.2. The molecule has 4 heteroatoms. The molecule has 0 spiro atoms. The van der Waals surface area contributed by atoms with Crippen molar-refractivity contribution in [3.63, 3.8) is 0 Å². The molecule has 0 bridgehead atoms. The summed E-state index contributed by atoms with van der Waals surface area (Å²) in [4.78, 5) is 30.3. The Morgan fingerprint density at radius 2 is 1.16 bits per heavy atom. The van der Waals surface area contributed by atoms with Gasteiger partial charge in [-0.25, -0.2) is 4.90 Å². The molecule has 0 atom stereocenters. The number of amides is 2. The van der Waals surface area contributed by atoms with E-state index in [1.807, 2.05) is 66.7 Å². The maximum Gasteiger partial charge on any atom is 0.265 e. The quantitative estimate of drug-likeness (QED) is 0.287. The van der Waals surface area contributed by atoms with Crippen molar-refractivity contribution in [3.8, 4) is 20.9 Å². The third kappa shape index (κ3) is 2.81. The Labute approximate surface area is 189 Å². The van der Waals surface area contributed by atoms with Crippen LogP contribution in [-0.4, -0.2) is 11.8 Å². The lowest BCUT2D eigenvalue weighted by Gasteiger charge is -2.27. The van der Waals surface area contributed by atoms with E-state index in [-0.39, 0.29) is 11.8 Å². The number of hydrogen-bond donors (Lipinski definition) is 0. The third-order valence-corrected chi connectivity index (χ3v) is 7.02. The Balaban J connectivity index is 1.51. The maximum atomic E-state index is 13.4. The van der Waals surface area contributed by atoms with Gasteiger partial charge in [-0.15, -0.1) is 11.3 Å². The highest BCUT2D eigenvalue weighted by Gasteiger charge is 2.34. The van der Waals surface area contributed by atoms with Gasteiger partial charge in [0.2, 0.25) is 0 Å². The van der Waals surface area contributed by atoms with Crippen molar-refractivity contribution in [2.75, 3.05) is 4.90 Å². The first-order valence-corrected chi connectivity index (χ1v) is 11.2. The molecule has 5 aromatic rings. The molecule has 32 heavy (non-hydrogen) atoms. The minimum Gasteiger partial charge on any atom is -0.268 e. The minimum absolute atomic E-state index is 0.285. The number of nitrogens with zero attached hydrogens (tertiary/aromatic N) is 1. The van der Waals surface area contributed by atoms with Crippen molar-refractivity contribution < 1.29 is 9.59 Å². The van der Waals surface area contributed by atoms with E-state index in [9.17, 15) is 9.59 Å². The topological polar surface area (TPSA) is 37.4 Å². The molecule has 1 aliphatic heterocycles. The molecule has 0 unspecified atom stereocenters. The van der Waals surface area contributed by atoms with E-state index in [0.717, 1.165) is 21.2 Å². The van der Waals surface area contributed by atoms with Gasteiger partial charge < -0.3 is 0 Å². The van der Waals surface area contributed by atoms with E-state index in [1.54, 1.807) is 23.5 Å². The van der Waals surface area contributed by atoms with Crippen LogP contribution in [0.5, 0.6) is 0 Å². The van der Waals surface area contributed by atoms with E-state index >= 15 is 0 Å². The predicted molar refractivity (Wildman–Crippen MR) is 130 cm³/mol. The zero-order valence-corrected chi connectivity index (χ0v) is 17.8. The standard InChI is InChI=1S/C28H17NO2S/c30-27-22-13-7-12-21-20(25-17-16-24(32-25)18-8-3-1-4-9-18)14-15-23(26(21)22)28(31)29(27)19-10-5-2-6-11-19/h1-17H. The fourth-order valence-corrected chi connectivity index (χ4v) is 5.41. The average Bonchev–Trinajstić information content (AvgIpc) is 3.34. The van der Waals surface area contributed by atoms with Crippen LogP contribution >= 0.6 is 11.3 Å². The Morgan fingerprint density at radius 3 is 1.91 bits per heavy atom. The summed E-state index contributed by atoms with van der Waals surface area (Å²) in [5.41, 5.74) is 3.91. The van der Waals surface area contributed by atoms with E-state index in [1.165, 1.54) is 15.3 Å². The second kappa shape index (κ2) is 7.29. The Morgan fingerprint density at radius 1 is 0.531 bits per heavy atom. The number of thiophene rings is 1. The van der Waals surface area contributed by atoms with E-state index in [2.05, 4.69) is 24.3 Å². The van der Waals surface area contributed by atoms with Crippen LogP contribution in [0.4, 0.5) is 5.69 Å². The number of carbonyl (C=O) groups is 2. The Kier molecular flexibility index (Phi) is 4.27. The lowest BCUT2D eigenvalue weighted by molar-refractivity contribution is 0.0893. The Bertz CT molecular complexity index is 1480. The van der Waals surface area contributed by atoms with Crippen LogP contribution in [0.2, 0.25) is 0 Å². The molecule has 0 fully saturated rings. The predicted octanol–water partition coefficient (Wildman–Crippen LogP) is 7.04. The smallest absolute Gasteiger partial charge is 0.265 e. The molecule has 3 nitrogen and oxygen atoms in total. The summed E-state index contributed by atoms with van der Waals surface area (Å²) in [7, 11) is 0. The molecule has 0 saturated heterocycles. The fourth-order valence-electron chi connectivity index (χ4n) is 4.36. The van der Waals surface area contributed by atoms with Gasteiger partial charge in [0.05, 0.1) is 5.69 Å². The van der Waals surface area contributed by atoms with Crippen LogP contribution in [0.15, 0.2) is 103 Å². The van der Waals surface area contributed by atoms with Gasteiger partial charge in [0.15, 0.2) is 0 Å². The summed E-state index contributed by atoms with van der Waals surface area (Å²) >= 11 is 1.71. The maximum absolute atomic E-state index is 13.4. The van der Waals surface area contributed by atoms with E-state index in [0.29, 0.717) is 16.8 Å². The first kappa shape index (κ1) is 18.7. The molecular weight excluding hydrogens is 414 g/mol. The van der Waals surface area contributed by atoms with Gasteiger partial charge in [-0.3, -0.25) is 9.59 Å². The number of para-hydroxylation sites is 1. The lowest BCUT2D eigenvalue weighted by Crippen LogP contribution is -2.40. The normalized spacial score (nSPS) is 13.1. The minimum atomic E-state index is -0.285. The molecular formula is C28H17NO2S. The van der Waals surface area contributed by atoms with Crippen LogP contribution in [0.25, 0.3) is 31.7 Å². The molecule has 0 saturated carbocycles. The van der Waals surface area contributed by atoms with Gasteiger partial charge in [-0.05, 0) is 52.9 Å². The monoisotopic (exact) mass is 431 g/mol. The van der Waals surface area contributed by atoms with Crippen LogP contribution in [0, 0.1) is 0 Å². The number of benzene rings is 4. The molecule has 0 aliphatic carbocycles. The first-order valence-electron chi connectivity index (χ1n) is 10.4. The van der Waals surface area contributed by atoms with E-state index in [4.69, 9.17) is 0 Å².